The molecule has 0 N–H and O–H groups in total. The van der Waals surface area contributed by atoms with Crippen LogP contribution in [-0.2, 0) is 0 Å². The predicted octanol–water partition coefficient (Wildman–Crippen LogP) is 14.8. The van der Waals surface area contributed by atoms with Gasteiger partial charge in [0.2, 0.25) is 0 Å². The molecule has 0 unspecified atom stereocenters. The van der Waals surface area contributed by atoms with Crippen molar-refractivity contribution in [3.05, 3.63) is 212 Å². The lowest BCUT2D eigenvalue weighted by Gasteiger charge is -2.29. The van der Waals surface area contributed by atoms with Crippen LogP contribution in [0.4, 0.5) is 17.1 Å². The third-order valence-electron chi connectivity index (χ3n) is 10.6. The van der Waals surface area contributed by atoms with Gasteiger partial charge in [-0.05, 0) is 95.9 Å². The fourth-order valence-electron chi connectivity index (χ4n) is 8.11. The Balaban J connectivity index is 1.16. The van der Waals surface area contributed by atoms with Crippen LogP contribution in [0.5, 0.6) is 0 Å². The molecule has 0 saturated carbocycles. The number of rotatable bonds is 6. The molecule has 53 heavy (non-hydrogen) atoms. The summed E-state index contributed by atoms with van der Waals surface area (Å²) < 4.78 is 0. The number of nitrogens with zero attached hydrogens (tertiary/aromatic N) is 1. The molecule has 1 heteroatoms. The van der Waals surface area contributed by atoms with E-state index < -0.39 is 0 Å². The molecule has 0 spiro atoms. The second-order valence-electron chi connectivity index (χ2n) is 13.7. The molecule has 0 aliphatic carbocycles. The molecule has 0 saturated heterocycles. The maximum Gasteiger partial charge on any atom is 0.0540 e. The molecule has 10 rings (SSSR count). The minimum atomic E-state index is 1.11. The van der Waals surface area contributed by atoms with Gasteiger partial charge in [0.15, 0.2) is 0 Å². The molecule has 0 aliphatic rings. The third kappa shape index (κ3) is 5.42. The Morgan fingerprint density at radius 3 is 1.62 bits per heavy atom. The molecule has 0 aromatic heterocycles. The van der Waals surface area contributed by atoms with E-state index in [9.17, 15) is 0 Å². The lowest BCUT2D eigenvalue weighted by molar-refractivity contribution is 1.30. The van der Waals surface area contributed by atoms with Crippen LogP contribution >= 0.6 is 0 Å². The van der Waals surface area contributed by atoms with Gasteiger partial charge in [-0.2, -0.15) is 0 Å². The average Bonchev–Trinajstić information content (AvgIpc) is 3.24. The van der Waals surface area contributed by atoms with Gasteiger partial charge in [0.05, 0.1) is 11.4 Å². The Morgan fingerprint density at radius 2 is 0.830 bits per heavy atom. The maximum atomic E-state index is 2.43. The highest BCUT2D eigenvalue weighted by molar-refractivity contribution is 6.21. The van der Waals surface area contributed by atoms with Crippen molar-refractivity contribution in [2.75, 3.05) is 4.90 Å². The fourth-order valence-corrected chi connectivity index (χ4v) is 8.11. The predicted molar refractivity (Wildman–Crippen MR) is 227 cm³/mol. The standard InChI is InChI=1S/C52H35N/c1-3-13-36(14-4-1)37-27-30-43(31-28-37)53(50-22-12-11-18-45(50)38-15-5-2-6-16-38)51-34-33-44(48-20-9-10-21-49(48)51)41-29-32-47-42(35-41)26-25-40-24-23-39-17-7-8-19-46(39)52(40)47/h1-35H. The van der Waals surface area contributed by atoms with Gasteiger partial charge in [0.25, 0.3) is 0 Å². The van der Waals surface area contributed by atoms with Gasteiger partial charge in [0, 0.05) is 16.6 Å². The zero-order valence-electron chi connectivity index (χ0n) is 29.2. The van der Waals surface area contributed by atoms with Crippen molar-refractivity contribution in [1.82, 2.24) is 0 Å². The Bertz CT molecular complexity index is 2930. The lowest BCUT2D eigenvalue weighted by atomic mass is 9.92. The van der Waals surface area contributed by atoms with E-state index >= 15 is 0 Å². The van der Waals surface area contributed by atoms with Crippen LogP contribution in [0.2, 0.25) is 0 Å². The van der Waals surface area contributed by atoms with Gasteiger partial charge < -0.3 is 4.90 Å². The molecule has 0 amide bonds. The Kier molecular flexibility index (Phi) is 7.55. The summed E-state index contributed by atoms with van der Waals surface area (Å²) in [6.07, 6.45) is 0. The summed E-state index contributed by atoms with van der Waals surface area (Å²) in [5.41, 5.74) is 10.6. The molecule has 10 aromatic rings. The first-order valence-electron chi connectivity index (χ1n) is 18.3. The zero-order valence-corrected chi connectivity index (χ0v) is 29.2. The van der Waals surface area contributed by atoms with Gasteiger partial charge in [-0.15, -0.1) is 0 Å². The summed E-state index contributed by atoms with van der Waals surface area (Å²) >= 11 is 0. The smallest absolute Gasteiger partial charge is 0.0540 e. The zero-order chi connectivity index (χ0) is 35.1. The van der Waals surface area contributed by atoms with Gasteiger partial charge in [0.1, 0.15) is 0 Å². The van der Waals surface area contributed by atoms with E-state index in [1.807, 2.05) is 0 Å². The van der Waals surface area contributed by atoms with Crippen LogP contribution in [-0.4, -0.2) is 0 Å². The largest absolute Gasteiger partial charge is 0.309 e. The van der Waals surface area contributed by atoms with Gasteiger partial charge in [-0.3, -0.25) is 0 Å². The van der Waals surface area contributed by atoms with Crippen molar-refractivity contribution in [3.8, 4) is 33.4 Å². The van der Waals surface area contributed by atoms with E-state index in [2.05, 4.69) is 217 Å². The maximum absolute atomic E-state index is 2.43. The minimum Gasteiger partial charge on any atom is -0.309 e. The topological polar surface area (TPSA) is 3.24 Å². The van der Waals surface area contributed by atoms with E-state index in [1.165, 1.54) is 76.5 Å². The molecule has 0 fully saturated rings. The van der Waals surface area contributed by atoms with Crippen molar-refractivity contribution in [3.63, 3.8) is 0 Å². The van der Waals surface area contributed by atoms with Crippen molar-refractivity contribution in [1.29, 1.82) is 0 Å². The first-order valence-corrected chi connectivity index (χ1v) is 18.3. The van der Waals surface area contributed by atoms with Crippen molar-refractivity contribution < 1.29 is 0 Å². The van der Waals surface area contributed by atoms with Gasteiger partial charge >= 0.3 is 0 Å². The van der Waals surface area contributed by atoms with E-state index in [-0.39, 0.29) is 0 Å². The van der Waals surface area contributed by atoms with E-state index in [1.54, 1.807) is 0 Å². The average molecular weight is 674 g/mol. The molecular weight excluding hydrogens is 639 g/mol. The molecule has 0 bridgehead atoms. The quantitative estimate of drug-likeness (QED) is 0.159. The first kappa shape index (κ1) is 30.8. The highest BCUT2D eigenvalue weighted by Gasteiger charge is 2.20. The summed E-state index contributed by atoms with van der Waals surface area (Å²) in [5, 5.41) is 10.1. The van der Waals surface area contributed by atoms with Crippen LogP contribution < -0.4 is 4.90 Å². The molecular formula is C52H35N. The van der Waals surface area contributed by atoms with Crippen LogP contribution in [0.1, 0.15) is 0 Å². The lowest BCUT2D eigenvalue weighted by Crippen LogP contribution is -2.12. The fraction of sp³-hybridized carbons (Fsp3) is 0. The molecule has 0 aliphatic heterocycles. The van der Waals surface area contributed by atoms with E-state index in [0.29, 0.717) is 0 Å². The highest BCUT2D eigenvalue weighted by Crippen LogP contribution is 2.46. The first-order chi connectivity index (χ1) is 26.3. The van der Waals surface area contributed by atoms with Crippen LogP contribution in [0.25, 0.3) is 76.5 Å². The third-order valence-corrected chi connectivity index (χ3v) is 10.6. The van der Waals surface area contributed by atoms with Crippen LogP contribution in [0, 0.1) is 0 Å². The molecule has 0 heterocycles. The molecule has 248 valence electrons. The van der Waals surface area contributed by atoms with Crippen LogP contribution in [0.15, 0.2) is 212 Å². The number of para-hydroxylation sites is 1. The van der Waals surface area contributed by atoms with Gasteiger partial charge in [-0.25, -0.2) is 0 Å². The van der Waals surface area contributed by atoms with E-state index in [4.69, 9.17) is 0 Å². The van der Waals surface area contributed by atoms with Crippen molar-refractivity contribution in [2.45, 2.75) is 0 Å². The van der Waals surface area contributed by atoms with Crippen molar-refractivity contribution >= 4 is 60.2 Å². The molecule has 0 atom stereocenters. The highest BCUT2D eigenvalue weighted by atomic mass is 15.1. The van der Waals surface area contributed by atoms with Gasteiger partial charge in [-0.1, -0.05) is 182 Å². The molecule has 0 radical (unpaired) electrons. The monoisotopic (exact) mass is 673 g/mol. The number of anilines is 3. The Hall–Kier alpha value is -6.96. The summed E-state index contributed by atoms with van der Waals surface area (Å²) in [7, 11) is 0. The number of benzene rings is 10. The normalized spacial score (nSPS) is 11.4. The molecule has 10 aromatic carbocycles. The summed E-state index contributed by atoms with van der Waals surface area (Å²) in [4.78, 5) is 2.43. The number of hydrogen-bond acceptors (Lipinski definition) is 1. The minimum absolute atomic E-state index is 1.11. The summed E-state index contributed by atoms with van der Waals surface area (Å²) in [5.74, 6) is 0. The van der Waals surface area contributed by atoms with E-state index in [0.717, 1.165) is 17.1 Å². The Labute approximate surface area is 309 Å². The number of fused-ring (bicyclic) bond motifs is 6. The second kappa shape index (κ2) is 13.0. The Morgan fingerprint density at radius 1 is 0.264 bits per heavy atom. The summed E-state index contributed by atoms with van der Waals surface area (Å²) in [6.45, 7) is 0. The second-order valence-corrected chi connectivity index (χ2v) is 13.7. The van der Waals surface area contributed by atoms with Crippen LogP contribution in [0.3, 0.4) is 0 Å². The molecule has 1 nitrogen and oxygen atoms in total. The number of hydrogen-bond donors (Lipinski definition) is 0. The van der Waals surface area contributed by atoms with Crippen molar-refractivity contribution in [2.24, 2.45) is 0 Å². The summed E-state index contributed by atoms with van der Waals surface area (Å²) in [6, 6.07) is 77.2. The SMILES string of the molecule is c1ccc(-c2ccc(N(c3ccccc3-c3ccccc3)c3ccc(-c4ccc5c(ccc6ccc7ccccc7c65)c4)c4ccccc34)cc2)cc1.